The van der Waals surface area contributed by atoms with Gasteiger partial charge in [-0.1, -0.05) is 17.8 Å². The number of thioether (sulfide) groups is 1. The number of thiocarbonyl (C=S) groups is 1. The minimum atomic E-state index is -0.346. The molecule has 1 atom stereocenters. The van der Waals surface area contributed by atoms with Gasteiger partial charge in [-0.15, -0.1) is 6.58 Å². The van der Waals surface area contributed by atoms with Crippen LogP contribution in [0, 0.1) is 0 Å². The van der Waals surface area contributed by atoms with Gasteiger partial charge in [-0.25, -0.2) is 0 Å². The minimum absolute atomic E-state index is 0.274. The first kappa shape index (κ1) is 14.5. The van der Waals surface area contributed by atoms with Gasteiger partial charge >= 0.3 is 5.97 Å². The van der Waals surface area contributed by atoms with Gasteiger partial charge in [0.15, 0.2) is 0 Å². The fourth-order valence-corrected chi connectivity index (χ4v) is 2.13. The van der Waals surface area contributed by atoms with Gasteiger partial charge in [0.2, 0.25) is 4.38 Å². The Morgan fingerprint density at radius 2 is 2.07 bits per heavy atom. The van der Waals surface area contributed by atoms with E-state index in [4.69, 9.17) is 21.7 Å². The molecule has 86 valence electrons. The summed E-state index contributed by atoms with van der Waals surface area (Å²) in [5.74, 6) is -0.274. The number of allylic oxidation sites excluding steroid dienone is 1. The van der Waals surface area contributed by atoms with E-state index in [9.17, 15) is 4.79 Å². The molecule has 0 rings (SSSR count). The first-order valence-corrected chi connectivity index (χ1v) is 6.05. The van der Waals surface area contributed by atoms with Crippen molar-refractivity contribution in [2.24, 2.45) is 0 Å². The van der Waals surface area contributed by atoms with E-state index >= 15 is 0 Å². The molecule has 5 heteroatoms. The second-order valence-electron chi connectivity index (χ2n) is 2.57. The third-order valence-corrected chi connectivity index (χ3v) is 2.82. The molecule has 0 radical (unpaired) electrons. The number of carbonyl (C=O) groups is 1. The highest BCUT2D eigenvalue weighted by Gasteiger charge is 2.21. The van der Waals surface area contributed by atoms with Crippen LogP contribution in [-0.2, 0) is 14.3 Å². The average Bonchev–Trinajstić information content (AvgIpc) is 2.18. The maximum Gasteiger partial charge on any atom is 0.319 e. The van der Waals surface area contributed by atoms with Gasteiger partial charge in [0.05, 0.1) is 13.2 Å². The monoisotopic (exact) mass is 248 g/mol. The van der Waals surface area contributed by atoms with E-state index in [1.807, 2.05) is 6.92 Å². The summed E-state index contributed by atoms with van der Waals surface area (Å²) in [5.41, 5.74) is 0. The van der Waals surface area contributed by atoms with Gasteiger partial charge in [0.1, 0.15) is 5.25 Å². The molecule has 0 aliphatic rings. The van der Waals surface area contributed by atoms with Crippen molar-refractivity contribution >= 4 is 34.3 Å². The fourth-order valence-electron chi connectivity index (χ4n) is 0.847. The lowest BCUT2D eigenvalue weighted by Gasteiger charge is -2.13. The molecule has 0 aliphatic carbocycles. The van der Waals surface area contributed by atoms with Gasteiger partial charge in [-0.3, -0.25) is 4.79 Å². The second-order valence-corrected chi connectivity index (χ2v) is 4.37. The molecule has 3 nitrogen and oxygen atoms in total. The van der Waals surface area contributed by atoms with Crippen LogP contribution < -0.4 is 0 Å². The highest BCUT2D eigenvalue weighted by atomic mass is 32.2. The van der Waals surface area contributed by atoms with E-state index < -0.39 is 0 Å². The summed E-state index contributed by atoms with van der Waals surface area (Å²) in [7, 11) is 0. The van der Waals surface area contributed by atoms with E-state index in [2.05, 4.69) is 6.58 Å². The van der Waals surface area contributed by atoms with Crippen LogP contribution in [0.4, 0.5) is 0 Å². The van der Waals surface area contributed by atoms with Crippen molar-refractivity contribution in [1.82, 2.24) is 0 Å². The van der Waals surface area contributed by atoms with Crippen molar-refractivity contribution in [3.63, 3.8) is 0 Å². The topological polar surface area (TPSA) is 35.5 Å². The lowest BCUT2D eigenvalue weighted by molar-refractivity contribution is -0.142. The number of hydrogen-bond acceptors (Lipinski definition) is 5. The van der Waals surface area contributed by atoms with Gasteiger partial charge < -0.3 is 9.47 Å². The zero-order valence-electron chi connectivity index (χ0n) is 9.02. The Labute approximate surface area is 100 Å². The molecule has 0 aromatic heterocycles. The van der Waals surface area contributed by atoms with Crippen LogP contribution in [0.25, 0.3) is 0 Å². The highest BCUT2D eigenvalue weighted by Crippen LogP contribution is 2.19. The maximum absolute atomic E-state index is 11.5. The summed E-state index contributed by atoms with van der Waals surface area (Å²) < 4.78 is 10.4. The third kappa shape index (κ3) is 6.52. The van der Waals surface area contributed by atoms with E-state index in [0.717, 1.165) is 0 Å². The first-order valence-electron chi connectivity index (χ1n) is 4.76. The van der Waals surface area contributed by atoms with Gasteiger partial charge in [0, 0.05) is 0 Å². The standard InChI is InChI=1S/C10H16O3S2/c1-4-7-8(9(11)12-5-2)15-10(14)13-6-3/h4,8H,1,5-7H2,2-3H3. The van der Waals surface area contributed by atoms with Gasteiger partial charge in [0.25, 0.3) is 0 Å². The molecular formula is C10H16O3S2. The molecule has 0 saturated heterocycles. The number of rotatable bonds is 6. The lowest BCUT2D eigenvalue weighted by atomic mass is 10.3. The van der Waals surface area contributed by atoms with Crippen molar-refractivity contribution in [2.75, 3.05) is 13.2 Å². The summed E-state index contributed by atoms with van der Waals surface area (Å²) in [5, 5.41) is -0.346. The SMILES string of the molecule is C=CCC(SC(=S)OCC)C(=O)OCC. The minimum Gasteiger partial charge on any atom is -0.479 e. The Bertz CT molecular complexity index is 229. The molecule has 0 heterocycles. The van der Waals surface area contributed by atoms with Crippen LogP contribution in [-0.4, -0.2) is 28.8 Å². The summed E-state index contributed by atoms with van der Waals surface area (Å²) in [6.07, 6.45) is 2.19. The highest BCUT2D eigenvalue weighted by molar-refractivity contribution is 8.23. The van der Waals surface area contributed by atoms with Crippen LogP contribution in [0.5, 0.6) is 0 Å². The predicted molar refractivity (Wildman–Crippen MR) is 67.1 cm³/mol. The summed E-state index contributed by atoms with van der Waals surface area (Å²) in [4.78, 5) is 11.5. The summed E-state index contributed by atoms with van der Waals surface area (Å²) in [6, 6.07) is 0. The van der Waals surface area contributed by atoms with Crippen molar-refractivity contribution in [2.45, 2.75) is 25.5 Å². The Balaban J connectivity index is 4.19. The van der Waals surface area contributed by atoms with Gasteiger partial charge in [-0.05, 0) is 32.5 Å². The van der Waals surface area contributed by atoms with Gasteiger partial charge in [-0.2, -0.15) is 0 Å². The molecule has 0 N–H and O–H groups in total. The quantitative estimate of drug-likeness (QED) is 0.410. The van der Waals surface area contributed by atoms with E-state index in [1.165, 1.54) is 11.8 Å². The van der Waals surface area contributed by atoms with Crippen LogP contribution >= 0.6 is 24.0 Å². The maximum atomic E-state index is 11.5. The van der Waals surface area contributed by atoms with Crippen molar-refractivity contribution in [3.8, 4) is 0 Å². The molecule has 0 aromatic carbocycles. The summed E-state index contributed by atoms with van der Waals surface area (Å²) >= 11 is 6.15. The normalized spacial score (nSPS) is 11.6. The van der Waals surface area contributed by atoms with E-state index in [0.29, 0.717) is 24.0 Å². The van der Waals surface area contributed by atoms with Crippen LogP contribution in [0.3, 0.4) is 0 Å². The van der Waals surface area contributed by atoms with Crippen molar-refractivity contribution in [1.29, 1.82) is 0 Å². The Morgan fingerprint density at radius 3 is 2.53 bits per heavy atom. The van der Waals surface area contributed by atoms with E-state index in [1.54, 1.807) is 13.0 Å². The van der Waals surface area contributed by atoms with E-state index in [-0.39, 0.29) is 11.2 Å². The second kappa shape index (κ2) is 8.73. The lowest BCUT2D eigenvalue weighted by Crippen LogP contribution is -2.21. The Kier molecular flexibility index (Phi) is 8.41. The Hall–Kier alpha value is -0.550. The van der Waals surface area contributed by atoms with Crippen LogP contribution in [0.1, 0.15) is 20.3 Å². The molecule has 0 aromatic rings. The molecule has 1 unspecified atom stereocenters. The van der Waals surface area contributed by atoms with Crippen molar-refractivity contribution < 1.29 is 14.3 Å². The number of carbonyl (C=O) groups excluding carboxylic acids is 1. The predicted octanol–water partition coefficient (Wildman–Crippen LogP) is 2.55. The third-order valence-electron chi connectivity index (χ3n) is 1.43. The largest absolute Gasteiger partial charge is 0.479 e. The van der Waals surface area contributed by atoms with Crippen LogP contribution in [0.15, 0.2) is 12.7 Å². The average molecular weight is 248 g/mol. The number of esters is 1. The fraction of sp³-hybridized carbons (Fsp3) is 0.600. The van der Waals surface area contributed by atoms with Crippen LogP contribution in [0.2, 0.25) is 0 Å². The summed E-state index contributed by atoms with van der Waals surface area (Å²) in [6.45, 7) is 8.09. The first-order chi connectivity index (χ1) is 7.15. The van der Waals surface area contributed by atoms with Crippen molar-refractivity contribution in [3.05, 3.63) is 12.7 Å². The number of ether oxygens (including phenoxy) is 2. The molecular weight excluding hydrogens is 232 g/mol. The molecule has 0 spiro atoms. The molecule has 0 fully saturated rings. The molecule has 0 bridgehead atoms. The smallest absolute Gasteiger partial charge is 0.319 e. The molecule has 0 amide bonds. The zero-order valence-corrected chi connectivity index (χ0v) is 10.7. The number of hydrogen-bond donors (Lipinski definition) is 0. The zero-order chi connectivity index (χ0) is 11.7. The molecule has 0 aliphatic heterocycles. The molecule has 15 heavy (non-hydrogen) atoms. The Morgan fingerprint density at radius 1 is 1.47 bits per heavy atom. The molecule has 0 saturated carbocycles.